The van der Waals surface area contributed by atoms with Gasteiger partial charge in [0.1, 0.15) is 11.6 Å². The van der Waals surface area contributed by atoms with Crippen LogP contribution >= 0.6 is 0 Å². The van der Waals surface area contributed by atoms with Gasteiger partial charge in [0, 0.05) is 13.1 Å². The molecule has 0 radical (unpaired) electrons. The van der Waals surface area contributed by atoms with Crippen molar-refractivity contribution in [3.05, 3.63) is 35.9 Å². The van der Waals surface area contributed by atoms with E-state index in [0.717, 1.165) is 12.1 Å². The molecule has 0 saturated carbocycles. The van der Waals surface area contributed by atoms with Gasteiger partial charge < -0.3 is 20.1 Å². The molecular formula is C17H26N2O4. The summed E-state index contributed by atoms with van der Waals surface area (Å²) in [6, 6.07) is 8.95. The van der Waals surface area contributed by atoms with Crippen molar-refractivity contribution in [3.63, 3.8) is 0 Å². The number of nitrogens with one attached hydrogen (secondary N) is 1. The number of carbonyl (C=O) groups excluding carboxylic acids is 1. The van der Waals surface area contributed by atoms with Gasteiger partial charge in [0.05, 0.1) is 0 Å². The van der Waals surface area contributed by atoms with Gasteiger partial charge in [-0.15, -0.1) is 0 Å². The summed E-state index contributed by atoms with van der Waals surface area (Å²) in [5, 5.41) is 11.6. The standard InChI is InChI=1S/C17H26N2O4/c1-17(2,3)23-16(22)18-14(15(20)21)10-11-19(4)12-13-8-6-5-7-9-13/h5-9,14H,10-12H2,1-4H3,(H,18,22)(H,20,21). The minimum absolute atomic E-state index is 0.303. The lowest BCUT2D eigenvalue weighted by Crippen LogP contribution is -2.44. The van der Waals surface area contributed by atoms with Crippen LogP contribution in [0.2, 0.25) is 0 Å². The number of amides is 1. The lowest BCUT2D eigenvalue weighted by atomic mass is 10.1. The SMILES string of the molecule is CN(CCC(NC(=O)OC(C)(C)C)C(=O)O)Cc1ccccc1. The average molecular weight is 322 g/mol. The summed E-state index contributed by atoms with van der Waals surface area (Å²) in [5.41, 5.74) is 0.499. The monoisotopic (exact) mass is 322 g/mol. The number of alkyl carbamates (subject to hydrolysis) is 1. The van der Waals surface area contributed by atoms with E-state index in [2.05, 4.69) is 5.32 Å². The summed E-state index contributed by atoms with van der Waals surface area (Å²) in [4.78, 5) is 25.0. The summed E-state index contributed by atoms with van der Waals surface area (Å²) in [6.45, 7) is 6.46. The van der Waals surface area contributed by atoms with Gasteiger partial charge >= 0.3 is 12.1 Å². The molecule has 0 heterocycles. The van der Waals surface area contributed by atoms with Crippen LogP contribution in [0.25, 0.3) is 0 Å². The molecule has 0 aliphatic carbocycles. The molecule has 0 aliphatic heterocycles. The second-order valence-corrected chi connectivity index (χ2v) is 6.55. The zero-order valence-corrected chi connectivity index (χ0v) is 14.2. The second-order valence-electron chi connectivity index (χ2n) is 6.55. The lowest BCUT2D eigenvalue weighted by Gasteiger charge is -2.23. The minimum atomic E-state index is -1.07. The lowest BCUT2D eigenvalue weighted by molar-refractivity contribution is -0.139. The number of benzene rings is 1. The minimum Gasteiger partial charge on any atom is -0.480 e. The normalized spacial score (nSPS) is 12.7. The molecule has 0 saturated heterocycles. The number of carbonyl (C=O) groups is 2. The predicted molar refractivity (Wildman–Crippen MR) is 88.2 cm³/mol. The van der Waals surface area contributed by atoms with E-state index in [1.165, 1.54) is 0 Å². The highest BCUT2D eigenvalue weighted by Gasteiger charge is 2.24. The molecule has 128 valence electrons. The third-order valence-electron chi connectivity index (χ3n) is 3.08. The van der Waals surface area contributed by atoms with Crippen LogP contribution in [0.3, 0.4) is 0 Å². The molecule has 0 aliphatic rings. The number of carboxylic acids is 1. The molecule has 0 spiro atoms. The Bertz CT molecular complexity index is 511. The largest absolute Gasteiger partial charge is 0.480 e. The zero-order chi connectivity index (χ0) is 17.5. The van der Waals surface area contributed by atoms with Crippen molar-refractivity contribution in [1.29, 1.82) is 0 Å². The maximum atomic E-state index is 11.7. The highest BCUT2D eigenvalue weighted by Crippen LogP contribution is 2.08. The molecule has 6 heteroatoms. The van der Waals surface area contributed by atoms with E-state index in [1.54, 1.807) is 20.8 Å². The van der Waals surface area contributed by atoms with E-state index in [-0.39, 0.29) is 0 Å². The molecule has 1 aromatic carbocycles. The summed E-state index contributed by atoms with van der Waals surface area (Å²) in [6.07, 6.45) is -0.409. The van der Waals surface area contributed by atoms with Crippen LogP contribution in [-0.4, -0.2) is 47.3 Å². The number of hydrogen-bond donors (Lipinski definition) is 2. The first kappa shape index (κ1) is 19.0. The van der Waals surface area contributed by atoms with E-state index >= 15 is 0 Å². The third-order valence-corrected chi connectivity index (χ3v) is 3.08. The molecule has 0 fully saturated rings. The Kier molecular flexibility index (Phi) is 7.03. The highest BCUT2D eigenvalue weighted by atomic mass is 16.6. The third kappa shape index (κ3) is 8.21. The summed E-state index contributed by atoms with van der Waals surface area (Å²) in [5.74, 6) is -1.07. The molecule has 2 N–H and O–H groups in total. The maximum Gasteiger partial charge on any atom is 0.408 e. The van der Waals surface area contributed by atoms with Crippen molar-refractivity contribution in [2.75, 3.05) is 13.6 Å². The molecule has 6 nitrogen and oxygen atoms in total. The van der Waals surface area contributed by atoms with E-state index in [0.29, 0.717) is 13.0 Å². The highest BCUT2D eigenvalue weighted by molar-refractivity contribution is 5.79. The molecule has 1 rings (SSSR count). The van der Waals surface area contributed by atoms with Crippen LogP contribution in [0.4, 0.5) is 4.79 Å². The number of aliphatic carboxylic acids is 1. The van der Waals surface area contributed by atoms with E-state index < -0.39 is 23.7 Å². The molecule has 0 aromatic heterocycles. The first-order chi connectivity index (χ1) is 10.7. The van der Waals surface area contributed by atoms with E-state index in [1.807, 2.05) is 42.3 Å². The smallest absolute Gasteiger partial charge is 0.408 e. The van der Waals surface area contributed by atoms with Crippen LogP contribution in [0.1, 0.15) is 32.8 Å². The maximum absolute atomic E-state index is 11.7. The summed E-state index contributed by atoms with van der Waals surface area (Å²) < 4.78 is 5.09. The Morgan fingerprint density at radius 2 is 1.87 bits per heavy atom. The Morgan fingerprint density at radius 1 is 1.26 bits per heavy atom. The number of rotatable bonds is 7. The van der Waals surface area contributed by atoms with Gasteiger partial charge in [-0.05, 0) is 39.8 Å². The van der Waals surface area contributed by atoms with Gasteiger partial charge in [-0.1, -0.05) is 30.3 Å². The Hall–Kier alpha value is -2.08. The van der Waals surface area contributed by atoms with E-state index in [9.17, 15) is 14.7 Å². The number of carboxylic acid groups (broad SMARTS) is 1. The van der Waals surface area contributed by atoms with Crippen molar-refractivity contribution >= 4 is 12.1 Å². The summed E-state index contributed by atoms with van der Waals surface area (Å²) in [7, 11) is 1.92. The van der Waals surface area contributed by atoms with Gasteiger partial charge in [0.25, 0.3) is 0 Å². The van der Waals surface area contributed by atoms with Gasteiger partial charge in [0.15, 0.2) is 0 Å². The van der Waals surface area contributed by atoms with Crippen LogP contribution in [0, 0.1) is 0 Å². The molecule has 1 aromatic rings. The van der Waals surface area contributed by atoms with Gasteiger partial charge in [0.2, 0.25) is 0 Å². The fraction of sp³-hybridized carbons (Fsp3) is 0.529. The average Bonchev–Trinajstić information content (AvgIpc) is 2.42. The molecule has 1 amide bonds. The topological polar surface area (TPSA) is 78.9 Å². The molecule has 1 atom stereocenters. The molecule has 1 unspecified atom stereocenters. The first-order valence-corrected chi connectivity index (χ1v) is 7.62. The van der Waals surface area contributed by atoms with Gasteiger partial charge in [-0.25, -0.2) is 9.59 Å². The van der Waals surface area contributed by atoms with Crippen LogP contribution in [0.5, 0.6) is 0 Å². The molecule has 23 heavy (non-hydrogen) atoms. The molecule has 0 bridgehead atoms. The number of nitrogens with zero attached hydrogens (tertiary/aromatic N) is 1. The number of ether oxygens (including phenoxy) is 1. The quantitative estimate of drug-likeness (QED) is 0.806. The Morgan fingerprint density at radius 3 is 2.39 bits per heavy atom. The van der Waals surface area contributed by atoms with Crippen molar-refractivity contribution in [3.8, 4) is 0 Å². The summed E-state index contributed by atoms with van der Waals surface area (Å²) >= 11 is 0. The number of hydrogen-bond acceptors (Lipinski definition) is 4. The second kappa shape index (κ2) is 8.53. The van der Waals surface area contributed by atoms with Crippen molar-refractivity contribution < 1.29 is 19.4 Å². The van der Waals surface area contributed by atoms with Gasteiger partial charge in [-0.2, -0.15) is 0 Å². The van der Waals surface area contributed by atoms with Crippen molar-refractivity contribution in [2.45, 2.75) is 45.4 Å². The Labute approximate surface area is 137 Å². The molecular weight excluding hydrogens is 296 g/mol. The van der Waals surface area contributed by atoms with Gasteiger partial charge in [-0.3, -0.25) is 0 Å². The zero-order valence-electron chi connectivity index (χ0n) is 14.2. The fourth-order valence-electron chi connectivity index (χ4n) is 2.03. The predicted octanol–water partition coefficient (Wildman–Crippen LogP) is 2.49. The van der Waals surface area contributed by atoms with Crippen LogP contribution in [-0.2, 0) is 16.1 Å². The van der Waals surface area contributed by atoms with Crippen molar-refractivity contribution in [1.82, 2.24) is 10.2 Å². The van der Waals surface area contributed by atoms with Crippen LogP contribution < -0.4 is 5.32 Å². The first-order valence-electron chi connectivity index (χ1n) is 7.62. The Balaban J connectivity index is 2.47. The van der Waals surface area contributed by atoms with Crippen molar-refractivity contribution in [2.24, 2.45) is 0 Å². The van der Waals surface area contributed by atoms with E-state index in [4.69, 9.17) is 4.74 Å². The fourth-order valence-corrected chi connectivity index (χ4v) is 2.03. The van der Waals surface area contributed by atoms with Crippen LogP contribution in [0.15, 0.2) is 30.3 Å².